The predicted molar refractivity (Wildman–Crippen MR) is 247 cm³/mol. The first-order chi connectivity index (χ1) is 30.8. The summed E-state index contributed by atoms with van der Waals surface area (Å²) in [7, 11) is -0.917. The van der Waals surface area contributed by atoms with Crippen LogP contribution in [0, 0.1) is 0 Å². The molecule has 4 aromatic rings. The zero-order valence-corrected chi connectivity index (χ0v) is 38.1. The molecule has 4 aliphatic heterocycles. The molecule has 8 rings (SSSR count). The van der Waals surface area contributed by atoms with Gasteiger partial charge in [0.05, 0.1) is 31.3 Å². The van der Waals surface area contributed by atoms with Crippen LogP contribution in [0.3, 0.4) is 0 Å². The number of unbranched alkanes of at least 4 members (excludes halogenated alkanes) is 1. The number of piperazine rings is 1. The Morgan fingerprint density at radius 3 is 2.45 bits per heavy atom. The van der Waals surface area contributed by atoms with Gasteiger partial charge in [-0.15, -0.1) is 0 Å². The van der Waals surface area contributed by atoms with Gasteiger partial charge in [-0.05, 0) is 93.5 Å². The number of fused-ring (bicyclic) bond motifs is 1. The molecule has 3 fully saturated rings. The number of para-hydroxylation sites is 1. The summed E-state index contributed by atoms with van der Waals surface area (Å²) in [5.74, 6) is 1.26. The normalized spacial score (nSPS) is 18.5. The molecule has 18 heteroatoms. The number of rotatable bonds is 15. The molecule has 3 saturated heterocycles. The summed E-state index contributed by atoms with van der Waals surface area (Å²) in [6.07, 6.45) is 6.03. The fourth-order valence-corrected chi connectivity index (χ4v) is 10.3. The van der Waals surface area contributed by atoms with Gasteiger partial charge in [-0.25, -0.2) is 4.98 Å². The van der Waals surface area contributed by atoms with E-state index in [2.05, 4.69) is 41.8 Å². The fourth-order valence-electron chi connectivity index (χ4n) is 8.98. The van der Waals surface area contributed by atoms with Crippen molar-refractivity contribution in [3.05, 3.63) is 83.0 Å². The summed E-state index contributed by atoms with van der Waals surface area (Å²) < 4.78 is 24.7. The first-order valence-electron chi connectivity index (χ1n) is 21.9. The second kappa shape index (κ2) is 19.6. The number of hydrogen-bond donors (Lipinski definition) is 3. The number of benzene rings is 3. The van der Waals surface area contributed by atoms with Crippen LogP contribution in [0.1, 0.15) is 60.9 Å². The van der Waals surface area contributed by atoms with E-state index in [4.69, 9.17) is 21.1 Å². The maximum atomic E-state index is 13.1. The van der Waals surface area contributed by atoms with Crippen LogP contribution in [-0.2, 0) is 25.5 Å². The summed E-state index contributed by atoms with van der Waals surface area (Å²) >= 11 is 6.48. The van der Waals surface area contributed by atoms with Gasteiger partial charge in [-0.1, -0.05) is 23.7 Å². The second-order valence-corrected chi connectivity index (χ2v) is 20.6. The Bertz CT molecular complexity index is 2450. The average Bonchev–Trinajstić information content (AvgIpc) is 3.61. The molecule has 4 amide bonds. The SMILES string of the molecule is COc1cc(N2CCC(N3CCN(C(=O)CCCCOc4ccc5c(c4)CN(C4CCC(=O)NC4=O)C5=O)CC3)CC2)ccc1Nc1ncc(Cl)c(Nc2ccccc2P(C)(C)=O)n1. The number of methoxy groups -OCH3 is 1. The number of aromatic nitrogens is 2. The standard InChI is InChI=1S/C46H55ClN9O7P/c1-62-39-27-32(11-14-36(39)50-46-48-28-35(47)43(52-46)49-37-8-4-5-9-40(37)64(2,3)61)53-19-17-31(18-20-53)54-21-23-55(24-22-54)42(58)10-6-7-25-63-33-12-13-34-30(26-33)29-56(45(34)60)38-15-16-41(57)51-44(38)59/h4-5,8-9,11-14,26-28,31,38H,6-7,10,15-25,29H2,1-3H3,(H,51,57,59)(H2,48,49,50,52). The lowest BCUT2D eigenvalue weighted by atomic mass is 10.0. The molecule has 0 saturated carbocycles. The van der Waals surface area contributed by atoms with E-state index in [1.165, 1.54) is 11.1 Å². The third-order valence-electron chi connectivity index (χ3n) is 12.5. The van der Waals surface area contributed by atoms with Crippen LogP contribution in [-0.4, -0.2) is 127 Å². The van der Waals surface area contributed by atoms with Gasteiger partial charge in [0, 0.05) is 87.3 Å². The van der Waals surface area contributed by atoms with E-state index in [1.54, 1.807) is 32.6 Å². The van der Waals surface area contributed by atoms with Gasteiger partial charge in [0.2, 0.25) is 23.7 Å². The number of hydrogen-bond acceptors (Lipinski definition) is 13. The van der Waals surface area contributed by atoms with E-state index in [-0.39, 0.29) is 24.1 Å². The summed E-state index contributed by atoms with van der Waals surface area (Å²) in [5, 5.41) is 9.88. The predicted octanol–water partition coefficient (Wildman–Crippen LogP) is 6.00. The lowest BCUT2D eigenvalue weighted by molar-refractivity contribution is -0.137. The van der Waals surface area contributed by atoms with Crippen molar-refractivity contribution < 1.29 is 33.2 Å². The minimum atomic E-state index is -2.56. The molecule has 1 aromatic heterocycles. The van der Waals surface area contributed by atoms with Crippen LogP contribution in [0.2, 0.25) is 5.02 Å². The topological polar surface area (TPSA) is 179 Å². The smallest absolute Gasteiger partial charge is 0.255 e. The van der Waals surface area contributed by atoms with Crippen LogP contribution in [0.25, 0.3) is 0 Å². The zero-order valence-electron chi connectivity index (χ0n) is 36.5. The number of nitrogens with zero attached hydrogens (tertiary/aromatic N) is 6. The number of carbonyl (C=O) groups excluding carboxylic acids is 4. The highest BCUT2D eigenvalue weighted by molar-refractivity contribution is 7.70. The van der Waals surface area contributed by atoms with Gasteiger partial charge in [-0.2, -0.15) is 4.98 Å². The lowest BCUT2D eigenvalue weighted by Crippen LogP contribution is -2.54. The molecule has 64 heavy (non-hydrogen) atoms. The lowest BCUT2D eigenvalue weighted by Gasteiger charge is -2.43. The largest absolute Gasteiger partial charge is 0.494 e. The Morgan fingerprint density at radius 1 is 0.922 bits per heavy atom. The zero-order chi connectivity index (χ0) is 45.0. The van der Waals surface area contributed by atoms with Crippen molar-refractivity contribution in [2.75, 3.05) is 81.8 Å². The van der Waals surface area contributed by atoms with Crippen molar-refractivity contribution in [1.29, 1.82) is 0 Å². The van der Waals surface area contributed by atoms with Gasteiger partial charge >= 0.3 is 0 Å². The maximum absolute atomic E-state index is 13.1. The molecule has 4 aliphatic rings. The third kappa shape index (κ3) is 10.3. The number of anilines is 5. The molecule has 5 heterocycles. The van der Waals surface area contributed by atoms with Gasteiger partial charge in [0.15, 0.2) is 5.82 Å². The molecule has 0 aliphatic carbocycles. The molecule has 1 atom stereocenters. The summed E-state index contributed by atoms with van der Waals surface area (Å²) in [5.41, 5.74) is 3.81. The summed E-state index contributed by atoms with van der Waals surface area (Å²) in [6, 6.07) is 18.6. The quantitative estimate of drug-likeness (QED) is 0.0720. The van der Waals surface area contributed by atoms with E-state index in [1.807, 2.05) is 47.4 Å². The molecule has 1 unspecified atom stereocenters. The van der Waals surface area contributed by atoms with Crippen LogP contribution in [0.4, 0.5) is 28.8 Å². The first-order valence-corrected chi connectivity index (χ1v) is 24.9. The summed E-state index contributed by atoms with van der Waals surface area (Å²) in [4.78, 5) is 67.5. The van der Waals surface area contributed by atoms with Crippen molar-refractivity contribution >= 4 is 76.5 Å². The average molecular weight is 912 g/mol. The molecular formula is C46H55ClN9O7P. The van der Waals surface area contributed by atoms with Gasteiger partial charge in [0.25, 0.3) is 5.91 Å². The minimum absolute atomic E-state index is 0.178. The van der Waals surface area contributed by atoms with Gasteiger partial charge in [0.1, 0.15) is 29.7 Å². The molecule has 16 nitrogen and oxygen atoms in total. The van der Waals surface area contributed by atoms with Crippen LogP contribution in [0.5, 0.6) is 11.5 Å². The van der Waals surface area contributed by atoms with Crippen LogP contribution >= 0.6 is 18.7 Å². The van der Waals surface area contributed by atoms with Gasteiger partial charge in [-0.3, -0.25) is 29.4 Å². The van der Waals surface area contributed by atoms with E-state index in [9.17, 15) is 23.7 Å². The second-order valence-electron chi connectivity index (χ2n) is 17.1. The Morgan fingerprint density at radius 2 is 1.70 bits per heavy atom. The molecular weight excluding hydrogens is 857 g/mol. The monoisotopic (exact) mass is 911 g/mol. The molecule has 3 N–H and O–H groups in total. The Kier molecular flexibility index (Phi) is 13.7. The van der Waals surface area contributed by atoms with E-state index < -0.39 is 19.1 Å². The fraction of sp³-hybridized carbons (Fsp3) is 0.435. The van der Waals surface area contributed by atoms with E-state index >= 15 is 0 Å². The summed E-state index contributed by atoms with van der Waals surface area (Å²) in [6.45, 7) is 9.21. The molecule has 0 radical (unpaired) electrons. The Hall–Kier alpha value is -5.70. The van der Waals surface area contributed by atoms with Crippen molar-refractivity contribution in [3.8, 4) is 11.5 Å². The molecule has 0 bridgehead atoms. The number of halogens is 1. The molecule has 3 aromatic carbocycles. The van der Waals surface area contributed by atoms with Crippen molar-refractivity contribution in [3.63, 3.8) is 0 Å². The highest BCUT2D eigenvalue weighted by Crippen LogP contribution is 2.39. The number of ether oxygens (including phenoxy) is 2. The molecule has 338 valence electrons. The highest BCUT2D eigenvalue weighted by atomic mass is 35.5. The van der Waals surface area contributed by atoms with E-state index in [0.717, 1.165) is 76.2 Å². The number of piperidine rings is 2. The van der Waals surface area contributed by atoms with Gasteiger partial charge < -0.3 is 39.4 Å². The van der Waals surface area contributed by atoms with Crippen LogP contribution in [0.15, 0.2) is 66.9 Å². The highest BCUT2D eigenvalue weighted by Gasteiger charge is 2.39. The first kappa shape index (κ1) is 44.9. The number of nitrogens with one attached hydrogen (secondary N) is 3. The van der Waals surface area contributed by atoms with Crippen molar-refractivity contribution in [2.45, 2.75) is 63.6 Å². The van der Waals surface area contributed by atoms with E-state index in [0.29, 0.717) is 82.6 Å². The number of carbonyl (C=O) groups is 4. The Labute approximate surface area is 378 Å². The third-order valence-corrected chi connectivity index (χ3v) is 14.3. The van der Waals surface area contributed by atoms with Crippen LogP contribution < -0.4 is 35.6 Å². The Balaban J connectivity index is 0.749. The minimum Gasteiger partial charge on any atom is -0.494 e. The maximum Gasteiger partial charge on any atom is 0.255 e. The number of imide groups is 1. The molecule has 0 spiro atoms. The van der Waals surface area contributed by atoms with Crippen molar-refractivity contribution in [2.24, 2.45) is 0 Å². The number of amides is 4. The van der Waals surface area contributed by atoms with Crippen molar-refractivity contribution in [1.82, 2.24) is 30.0 Å².